The summed E-state index contributed by atoms with van der Waals surface area (Å²) in [6.45, 7) is 1.56. The zero-order chi connectivity index (χ0) is 17.3. The van der Waals surface area contributed by atoms with Gasteiger partial charge in [-0.25, -0.2) is 0 Å². The number of piperidine rings is 1. The number of carbonyl (C=O) groups is 1. The molecule has 1 amide bonds. The van der Waals surface area contributed by atoms with Crippen molar-refractivity contribution in [3.05, 3.63) is 29.8 Å². The molecule has 0 bridgehead atoms. The number of amides is 1. The van der Waals surface area contributed by atoms with Crippen LogP contribution in [0, 0.1) is 0 Å². The quantitative estimate of drug-likeness (QED) is 0.826. The largest absolute Gasteiger partial charge is 0.349 e. The van der Waals surface area contributed by atoms with Gasteiger partial charge in [0, 0.05) is 31.7 Å². The van der Waals surface area contributed by atoms with Crippen molar-refractivity contribution in [2.45, 2.75) is 23.8 Å². The van der Waals surface area contributed by atoms with Gasteiger partial charge in [-0.2, -0.15) is 8.42 Å². The predicted octanol–water partition coefficient (Wildman–Crippen LogP) is 0.700. The first-order chi connectivity index (χ1) is 11.4. The van der Waals surface area contributed by atoms with Gasteiger partial charge in [0.05, 0.1) is 6.54 Å². The van der Waals surface area contributed by atoms with Gasteiger partial charge >= 0.3 is 0 Å². The lowest BCUT2D eigenvalue weighted by molar-refractivity contribution is -0.132. The number of likely N-dealkylation sites (N-methyl/N-ethyl adjacent to an activating group) is 1. The third-order valence-corrected chi connectivity index (χ3v) is 5.93. The van der Waals surface area contributed by atoms with E-state index in [1.807, 2.05) is 11.9 Å². The topological polar surface area (TPSA) is 82.1 Å². The molecule has 1 saturated heterocycles. The summed E-state index contributed by atoms with van der Waals surface area (Å²) in [5, 5.41) is 3.23. The molecule has 0 spiro atoms. The molecule has 0 radical (unpaired) electrons. The number of fused-ring (bicyclic) bond motifs is 1. The predicted molar refractivity (Wildman–Crippen MR) is 98.7 cm³/mol. The highest BCUT2D eigenvalue weighted by Gasteiger charge is 2.31. The number of hydrogen-bond donors (Lipinski definition) is 1. The van der Waals surface area contributed by atoms with E-state index in [0.29, 0.717) is 17.4 Å². The number of nitrogens with one attached hydrogen (secondary N) is 1. The van der Waals surface area contributed by atoms with E-state index >= 15 is 0 Å². The minimum Gasteiger partial charge on any atom is -0.349 e. The molecule has 0 unspecified atom stereocenters. The van der Waals surface area contributed by atoms with Crippen LogP contribution in [0.5, 0.6) is 0 Å². The zero-order valence-electron chi connectivity index (χ0n) is 14.3. The number of amidine groups is 1. The average Bonchev–Trinajstić information content (AvgIpc) is 2.87. The molecule has 2 heterocycles. The van der Waals surface area contributed by atoms with Crippen molar-refractivity contribution in [1.29, 1.82) is 0 Å². The van der Waals surface area contributed by atoms with Gasteiger partial charge in [0.2, 0.25) is 5.91 Å². The fourth-order valence-electron chi connectivity index (χ4n) is 3.16. The Morgan fingerprint density at radius 2 is 1.96 bits per heavy atom. The van der Waals surface area contributed by atoms with Crippen molar-refractivity contribution < 1.29 is 13.2 Å². The van der Waals surface area contributed by atoms with Crippen LogP contribution >= 0.6 is 12.4 Å². The van der Waals surface area contributed by atoms with Crippen molar-refractivity contribution in [3.63, 3.8) is 0 Å². The molecule has 3 rings (SSSR count). The number of sulfonamides is 1. The van der Waals surface area contributed by atoms with Crippen LogP contribution in [-0.4, -0.2) is 69.7 Å². The first-order valence-electron chi connectivity index (χ1n) is 8.03. The van der Waals surface area contributed by atoms with Gasteiger partial charge in [-0.1, -0.05) is 12.1 Å². The molecule has 0 aromatic heterocycles. The van der Waals surface area contributed by atoms with Crippen molar-refractivity contribution in [2.75, 3.05) is 33.7 Å². The van der Waals surface area contributed by atoms with E-state index < -0.39 is 10.0 Å². The highest BCUT2D eigenvalue weighted by atomic mass is 35.5. The van der Waals surface area contributed by atoms with Crippen molar-refractivity contribution in [1.82, 2.24) is 15.1 Å². The third kappa shape index (κ3) is 3.96. The number of hydrogen-bond acceptors (Lipinski definition) is 5. The van der Waals surface area contributed by atoms with Crippen LogP contribution in [0.2, 0.25) is 0 Å². The summed E-state index contributed by atoms with van der Waals surface area (Å²) in [4.78, 5) is 16.2. The lowest BCUT2D eigenvalue weighted by Gasteiger charge is -2.33. The molecule has 138 valence electrons. The molecule has 1 aromatic carbocycles. The molecule has 0 aliphatic carbocycles. The highest BCUT2D eigenvalue weighted by molar-refractivity contribution is 7.90. The molecular weight excluding hydrogens is 364 g/mol. The Kier molecular flexibility index (Phi) is 6.08. The summed E-state index contributed by atoms with van der Waals surface area (Å²) in [5.41, 5.74) is 0.557. The molecule has 0 saturated carbocycles. The van der Waals surface area contributed by atoms with E-state index in [-0.39, 0.29) is 29.8 Å². The van der Waals surface area contributed by atoms with Crippen molar-refractivity contribution in [3.8, 4) is 0 Å². The smallest absolute Gasteiger partial charge is 0.285 e. The molecule has 7 nitrogen and oxygen atoms in total. The van der Waals surface area contributed by atoms with E-state index in [4.69, 9.17) is 0 Å². The second-order valence-electron chi connectivity index (χ2n) is 6.19. The minimum absolute atomic E-state index is 0. The number of nitrogens with zero attached hydrogens (tertiary/aromatic N) is 3. The lowest BCUT2D eigenvalue weighted by atomic mass is 10.1. The van der Waals surface area contributed by atoms with E-state index in [2.05, 4.69) is 9.71 Å². The van der Waals surface area contributed by atoms with E-state index in [9.17, 15) is 13.2 Å². The molecule has 1 aromatic rings. The average molecular weight is 387 g/mol. The van der Waals surface area contributed by atoms with Gasteiger partial charge in [-0.3, -0.25) is 4.79 Å². The second-order valence-corrected chi connectivity index (χ2v) is 7.76. The van der Waals surface area contributed by atoms with Crippen LogP contribution in [-0.2, 0) is 14.8 Å². The number of halogens is 1. The van der Waals surface area contributed by atoms with Gasteiger partial charge in [-0.05, 0) is 32.0 Å². The second kappa shape index (κ2) is 7.72. The van der Waals surface area contributed by atoms with Crippen molar-refractivity contribution in [2.24, 2.45) is 4.40 Å². The molecule has 0 atom stereocenters. The summed E-state index contributed by atoms with van der Waals surface area (Å²) in [7, 11) is -0.0184. The summed E-state index contributed by atoms with van der Waals surface area (Å²) >= 11 is 0. The first kappa shape index (κ1) is 19.7. The number of carbonyl (C=O) groups excluding carboxylic acids is 1. The van der Waals surface area contributed by atoms with Crippen LogP contribution in [0.15, 0.2) is 33.6 Å². The Hall–Kier alpha value is -1.64. The lowest BCUT2D eigenvalue weighted by Crippen LogP contribution is -2.47. The molecule has 1 fully saturated rings. The van der Waals surface area contributed by atoms with E-state index in [0.717, 1.165) is 25.9 Å². The third-order valence-electron chi connectivity index (χ3n) is 4.60. The van der Waals surface area contributed by atoms with Crippen LogP contribution in [0.3, 0.4) is 0 Å². The van der Waals surface area contributed by atoms with E-state index in [1.54, 1.807) is 36.2 Å². The minimum atomic E-state index is -3.66. The molecule has 1 N–H and O–H groups in total. The summed E-state index contributed by atoms with van der Waals surface area (Å²) in [6, 6.07) is 7.17. The number of likely N-dealkylation sites (tertiary alicyclic amines) is 1. The fraction of sp³-hybridized carbons (Fsp3) is 0.500. The summed E-state index contributed by atoms with van der Waals surface area (Å²) in [6.07, 6.45) is 1.87. The Bertz CT molecular complexity index is 773. The van der Waals surface area contributed by atoms with Crippen LogP contribution in [0.4, 0.5) is 0 Å². The van der Waals surface area contributed by atoms with Crippen molar-refractivity contribution >= 4 is 34.2 Å². The fourth-order valence-corrected chi connectivity index (χ4v) is 4.41. The maximum absolute atomic E-state index is 12.5. The maximum Gasteiger partial charge on any atom is 0.285 e. The van der Waals surface area contributed by atoms with Crippen LogP contribution in [0.25, 0.3) is 0 Å². The summed E-state index contributed by atoms with van der Waals surface area (Å²) in [5.74, 6) is 0.334. The SMILES string of the molecule is CNC1CCN(C(=O)CN(C)C2=NS(=O)(=O)c3ccccc32)CC1.Cl. The number of benzene rings is 1. The van der Waals surface area contributed by atoms with E-state index in [1.165, 1.54) is 0 Å². The van der Waals surface area contributed by atoms with Gasteiger partial charge in [0.1, 0.15) is 4.90 Å². The standard InChI is InChI=1S/C16H22N4O3S.ClH/c1-17-12-7-9-20(10-8-12)15(21)11-19(2)16-13-5-3-4-6-14(13)24(22,23)18-16;/h3-6,12,17H,7-11H2,1-2H3;1H. The first-order valence-corrected chi connectivity index (χ1v) is 9.47. The van der Waals surface area contributed by atoms with Crippen LogP contribution < -0.4 is 5.32 Å². The zero-order valence-corrected chi connectivity index (χ0v) is 15.9. The van der Waals surface area contributed by atoms with Gasteiger partial charge in [-0.15, -0.1) is 16.8 Å². The molecular formula is C16H23ClN4O3S. The molecule has 25 heavy (non-hydrogen) atoms. The van der Waals surface area contributed by atoms with Crippen LogP contribution in [0.1, 0.15) is 18.4 Å². The molecule has 2 aliphatic heterocycles. The van der Waals surface area contributed by atoms with Gasteiger partial charge < -0.3 is 15.1 Å². The molecule has 9 heteroatoms. The Morgan fingerprint density at radius 3 is 2.60 bits per heavy atom. The highest BCUT2D eigenvalue weighted by Crippen LogP contribution is 2.26. The van der Waals surface area contributed by atoms with Gasteiger partial charge in [0.15, 0.2) is 5.84 Å². The summed E-state index contributed by atoms with van der Waals surface area (Å²) < 4.78 is 28.1. The van der Waals surface area contributed by atoms with Gasteiger partial charge in [0.25, 0.3) is 10.0 Å². The number of rotatable bonds is 3. The monoisotopic (exact) mass is 386 g/mol. The normalized spacial score (nSPS) is 19.0. The molecule has 2 aliphatic rings. The maximum atomic E-state index is 12.5. The Labute approximate surface area is 154 Å². The Morgan fingerprint density at radius 1 is 1.32 bits per heavy atom. The Balaban J connectivity index is 0.00000225.